The topological polar surface area (TPSA) is 33.1 Å². The van der Waals surface area contributed by atoms with Gasteiger partial charge < -0.3 is 9.88 Å². The zero-order chi connectivity index (χ0) is 14.4. The van der Waals surface area contributed by atoms with Gasteiger partial charge in [0.1, 0.15) is 0 Å². The number of hydrogen-bond acceptors (Lipinski definition) is 3. The molecule has 1 saturated heterocycles. The van der Waals surface area contributed by atoms with Gasteiger partial charge in [-0.1, -0.05) is 20.8 Å². The zero-order valence-electron chi connectivity index (χ0n) is 13.3. The highest BCUT2D eigenvalue weighted by Gasteiger charge is 2.37. The summed E-state index contributed by atoms with van der Waals surface area (Å²) >= 11 is 0. The predicted octanol–water partition coefficient (Wildman–Crippen LogP) is 2.52. The molecule has 0 bridgehead atoms. The molecule has 1 aliphatic heterocycles. The quantitative estimate of drug-likeness (QED) is 0.832. The lowest BCUT2D eigenvalue weighted by molar-refractivity contribution is 0.0291. The number of nitrogens with zero attached hydrogens (tertiary/aromatic N) is 3. The minimum atomic E-state index is 0.362. The molecule has 0 amide bonds. The van der Waals surface area contributed by atoms with Crippen molar-refractivity contribution in [3.05, 3.63) is 18.7 Å². The van der Waals surface area contributed by atoms with Crippen molar-refractivity contribution in [2.45, 2.75) is 64.6 Å². The first-order valence-corrected chi connectivity index (χ1v) is 8.18. The van der Waals surface area contributed by atoms with Gasteiger partial charge in [0, 0.05) is 50.2 Å². The monoisotopic (exact) mass is 278 g/mol. The van der Waals surface area contributed by atoms with Crippen LogP contribution in [0.15, 0.2) is 18.7 Å². The fourth-order valence-corrected chi connectivity index (χ4v) is 3.38. The molecule has 4 nitrogen and oxygen atoms in total. The fourth-order valence-electron chi connectivity index (χ4n) is 3.38. The van der Waals surface area contributed by atoms with E-state index in [1.165, 1.54) is 38.8 Å². The highest BCUT2D eigenvalue weighted by atomic mass is 15.3. The highest BCUT2D eigenvalue weighted by Crippen LogP contribution is 2.27. The number of piperazine rings is 1. The number of imidazole rings is 1. The largest absolute Gasteiger partial charge is 0.337 e. The van der Waals surface area contributed by atoms with E-state index < -0.39 is 0 Å². The van der Waals surface area contributed by atoms with Gasteiger partial charge in [-0.15, -0.1) is 0 Å². The molecule has 2 rings (SSSR count). The minimum absolute atomic E-state index is 0.362. The summed E-state index contributed by atoms with van der Waals surface area (Å²) in [5, 5.41) is 3.74. The Morgan fingerprint density at radius 2 is 2.05 bits per heavy atom. The molecular weight excluding hydrogens is 248 g/mol. The third kappa shape index (κ3) is 3.41. The summed E-state index contributed by atoms with van der Waals surface area (Å²) in [6, 6.07) is 0.662. The van der Waals surface area contributed by atoms with Crippen LogP contribution in [0.25, 0.3) is 0 Å². The third-order valence-electron chi connectivity index (χ3n) is 5.04. The van der Waals surface area contributed by atoms with E-state index in [0.29, 0.717) is 11.6 Å². The van der Waals surface area contributed by atoms with Crippen molar-refractivity contribution < 1.29 is 0 Å². The van der Waals surface area contributed by atoms with Crippen LogP contribution in [0.3, 0.4) is 0 Å². The Morgan fingerprint density at radius 3 is 2.65 bits per heavy atom. The van der Waals surface area contributed by atoms with E-state index in [-0.39, 0.29) is 0 Å². The highest BCUT2D eigenvalue weighted by molar-refractivity contribution is 4.97. The molecule has 20 heavy (non-hydrogen) atoms. The summed E-state index contributed by atoms with van der Waals surface area (Å²) in [6.45, 7) is 11.6. The molecule has 1 fully saturated rings. The number of rotatable bonds is 7. The molecule has 0 radical (unpaired) electrons. The maximum atomic E-state index is 4.11. The average molecular weight is 278 g/mol. The van der Waals surface area contributed by atoms with E-state index in [4.69, 9.17) is 0 Å². The van der Waals surface area contributed by atoms with Gasteiger partial charge >= 0.3 is 0 Å². The van der Waals surface area contributed by atoms with E-state index in [1.54, 1.807) is 0 Å². The second kappa shape index (κ2) is 7.23. The maximum Gasteiger partial charge on any atom is 0.0945 e. The van der Waals surface area contributed by atoms with Crippen LogP contribution in [0.4, 0.5) is 0 Å². The number of nitrogens with one attached hydrogen (secondary N) is 1. The Bertz CT molecular complexity index is 370. The van der Waals surface area contributed by atoms with Crippen LogP contribution in [-0.4, -0.2) is 45.7 Å². The van der Waals surface area contributed by atoms with Crippen molar-refractivity contribution in [1.29, 1.82) is 0 Å². The summed E-state index contributed by atoms with van der Waals surface area (Å²) in [5.41, 5.74) is 0.362. The molecule has 1 N–H and O–H groups in total. The van der Waals surface area contributed by atoms with Crippen LogP contribution in [0.5, 0.6) is 0 Å². The van der Waals surface area contributed by atoms with Crippen LogP contribution < -0.4 is 5.32 Å². The molecule has 114 valence electrons. The van der Waals surface area contributed by atoms with Crippen molar-refractivity contribution in [1.82, 2.24) is 19.8 Å². The van der Waals surface area contributed by atoms with Gasteiger partial charge in [0.2, 0.25) is 0 Å². The normalized spacial score (nSPS) is 23.1. The average Bonchev–Trinajstić information content (AvgIpc) is 3.00. The van der Waals surface area contributed by atoms with Gasteiger partial charge in [0.15, 0.2) is 0 Å². The standard InChI is InChI=1S/C16H30N4/c1-4-15-12-20(16(5-2,6-3)13-18-15)10-7-9-19-11-8-17-14-19/h8,11,14-15,18H,4-7,9-10,12-13H2,1-3H3. The van der Waals surface area contributed by atoms with Crippen molar-refractivity contribution in [3.8, 4) is 0 Å². The Hall–Kier alpha value is -0.870. The number of hydrogen-bond donors (Lipinski definition) is 1. The van der Waals surface area contributed by atoms with Gasteiger partial charge in [0.25, 0.3) is 0 Å². The summed E-state index contributed by atoms with van der Waals surface area (Å²) in [5.74, 6) is 0. The SMILES string of the molecule is CCC1CN(CCCn2ccnc2)C(CC)(CC)CN1. The summed E-state index contributed by atoms with van der Waals surface area (Å²) in [6.07, 6.45) is 10.7. The van der Waals surface area contributed by atoms with E-state index in [1.807, 2.05) is 12.5 Å². The lowest BCUT2D eigenvalue weighted by Gasteiger charge is -2.49. The molecule has 1 atom stereocenters. The number of aromatic nitrogens is 2. The van der Waals surface area contributed by atoms with Crippen LogP contribution in [0.2, 0.25) is 0 Å². The van der Waals surface area contributed by atoms with Crippen LogP contribution in [-0.2, 0) is 6.54 Å². The molecule has 1 aromatic rings. The lowest BCUT2D eigenvalue weighted by Crippen LogP contribution is -2.64. The van der Waals surface area contributed by atoms with Crippen molar-refractivity contribution in [2.75, 3.05) is 19.6 Å². The van der Waals surface area contributed by atoms with E-state index in [0.717, 1.165) is 13.1 Å². The Morgan fingerprint density at radius 1 is 1.25 bits per heavy atom. The van der Waals surface area contributed by atoms with Gasteiger partial charge in [0.05, 0.1) is 6.33 Å². The van der Waals surface area contributed by atoms with Crippen molar-refractivity contribution in [3.63, 3.8) is 0 Å². The Labute approximate surface area is 123 Å². The molecule has 0 aromatic carbocycles. The van der Waals surface area contributed by atoms with E-state index in [2.05, 4.69) is 46.7 Å². The summed E-state index contributed by atoms with van der Waals surface area (Å²) < 4.78 is 2.18. The number of aryl methyl sites for hydroxylation is 1. The van der Waals surface area contributed by atoms with E-state index >= 15 is 0 Å². The fraction of sp³-hybridized carbons (Fsp3) is 0.812. The molecule has 0 saturated carbocycles. The second-order valence-corrected chi connectivity index (χ2v) is 6.02. The van der Waals surface area contributed by atoms with Gasteiger partial charge in [-0.05, 0) is 25.7 Å². The zero-order valence-corrected chi connectivity index (χ0v) is 13.3. The van der Waals surface area contributed by atoms with Gasteiger partial charge in [-0.3, -0.25) is 4.90 Å². The lowest BCUT2D eigenvalue weighted by atomic mass is 9.86. The smallest absolute Gasteiger partial charge is 0.0945 e. The third-order valence-corrected chi connectivity index (χ3v) is 5.04. The minimum Gasteiger partial charge on any atom is -0.337 e. The molecule has 1 unspecified atom stereocenters. The summed E-state index contributed by atoms with van der Waals surface area (Å²) in [7, 11) is 0. The van der Waals surface area contributed by atoms with Crippen LogP contribution >= 0.6 is 0 Å². The van der Waals surface area contributed by atoms with Crippen molar-refractivity contribution >= 4 is 0 Å². The van der Waals surface area contributed by atoms with Gasteiger partial charge in [-0.2, -0.15) is 0 Å². The van der Waals surface area contributed by atoms with Crippen molar-refractivity contribution in [2.24, 2.45) is 0 Å². The van der Waals surface area contributed by atoms with Crippen LogP contribution in [0.1, 0.15) is 46.5 Å². The molecule has 0 aliphatic carbocycles. The Kier molecular flexibility index (Phi) is 5.61. The first-order valence-electron chi connectivity index (χ1n) is 8.18. The molecule has 4 heteroatoms. The maximum absolute atomic E-state index is 4.11. The molecule has 1 aliphatic rings. The Balaban J connectivity index is 1.92. The second-order valence-electron chi connectivity index (χ2n) is 6.02. The summed E-state index contributed by atoms with van der Waals surface area (Å²) in [4.78, 5) is 6.86. The van der Waals surface area contributed by atoms with Gasteiger partial charge in [-0.25, -0.2) is 4.98 Å². The molecule has 1 aromatic heterocycles. The molecule has 2 heterocycles. The molecule has 0 spiro atoms. The van der Waals surface area contributed by atoms with E-state index in [9.17, 15) is 0 Å². The first kappa shape index (κ1) is 15.5. The van der Waals surface area contributed by atoms with Crippen LogP contribution in [0, 0.1) is 0 Å². The predicted molar refractivity (Wildman–Crippen MR) is 83.8 cm³/mol. The molecular formula is C16H30N4. The first-order chi connectivity index (χ1) is 9.74.